The first-order chi connectivity index (χ1) is 10.1. The fourth-order valence-corrected chi connectivity index (χ4v) is 2.74. The van der Waals surface area contributed by atoms with Crippen LogP contribution < -0.4 is 10.2 Å². The van der Waals surface area contributed by atoms with Crippen molar-refractivity contribution in [1.29, 1.82) is 0 Å². The SMILES string of the molecule is CCCNCc1ccc(N(CCC)CCN(C)C)cc1Br. The number of nitrogens with one attached hydrogen (secondary N) is 1. The van der Waals surface area contributed by atoms with Gasteiger partial charge in [0.1, 0.15) is 0 Å². The maximum atomic E-state index is 3.72. The molecule has 0 amide bonds. The summed E-state index contributed by atoms with van der Waals surface area (Å²) >= 11 is 3.72. The lowest BCUT2D eigenvalue weighted by Crippen LogP contribution is -2.32. The third-order valence-corrected chi connectivity index (χ3v) is 4.19. The summed E-state index contributed by atoms with van der Waals surface area (Å²) in [5.41, 5.74) is 2.64. The minimum atomic E-state index is 0.931. The van der Waals surface area contributed by atoms with Gasteiger partial charge in [0.15, 0.2) is 0 Å². The molecule has 120 valence electrons. The van der Waals surface area contributed by atoms with Crippen LogP contribution >= 0.6 is 15.9 Å². The second-order valence-corrected chi connectivity index (χ2v) is 6.60. The van der Waals surface area contributed by atoms with E-state index in [0.29, 0.717) is 0 Å². The van der Waals surface area contributed by atoms with Crippen molar-refractivity contribution in [3.63, 3.8) is 0 Å². The molecule has 0 spiro atoms. The van der Waals surface area contributed by atoms with Gasteiger partial charge < -0.3 is 15.1 Å². The molecule has 0 atom stereocenters. The highest BCUT2D eigenvalue weighted by Crippen LogP contribution is 2.24. The van der Waals surface area contributed by atoms with Gasteiger partial charge in [-0.3, -0.25) is 0 Å². The van der Waals surface area contributed by atoms with E-state index in [9.17, 15) is 0 Å². The number of anilines is 1. The van der Waals surface area contributed by atoms with Crippen molar-refractivity contribution in [1.82, 2.24) is 10.2 Å². The standard InChI is InChI=1S/C17H30BrN3/c1-5-9-19-14-15-7-8-16(13-17(15)18)21(10-6-2)12-11-20(3)4/h7-8,13,19H,5-6,9-12,14H2,1-4H3. The van der Waals surface area contributed by atoms with Crippen molar-refractivity contribution in [2.75, 3.05) is 45.2 Å². The Morgan fingerprint density at radius 1 is 1.05 bits per heavy atom. The maximum absolute atomic E-state index is 3.72. The number of hydrogen-bond donors (Lipinski definition) is 1. The molecule has 1 N–H and O–H groups in total. The predicted octanol–water partition coefficient (Wildman–Crippen LogP) is 3.73. The molecule has 0 aromatic heterocycles. The molecule has 1 aromatic rings. The molecule has 1 rings (SSSR count). The maximum Gasteiger partial charge on any atom is 0.0378 e. The molecule has 0 aliphatic heterocycles. The summed E-state index contributed by atoms with van der Waals surface area (Å²) in [5.74, 6) is 0. The van der Waals surface area contributed by atoms with Gasteiger partial charge in [-0.1, -0.05) is 35.8 Å². The molecule has 0 bridgehead atoms. The van der Waals surface area contributed by atoms with Crippen LogP contribution in [0.5, 0.6) is 0 Å². The van der Waals surface area contributed by atoms with Crippen molar-refractivity contribution < 1.29 is 0 Å². The minimum Gasteiger partial charge on any atom is -0.370 e. The molecule has 0 radical (unpaired) electrons. The molecule has 21 heavy (non-hydrogen) atoms. The average Bonchev–Trinajstić information content (AvgIpc) is 2.45. The number of benzene rings is 1. The van der Waals surface area contributed by atoms with Crippen LogP contribution in [0.15, 0.2) is 22.7 Å². The predicted molar refractivity (Wildman–Crippen MR) is 97.2 cm³/mol. The van der Waals surface area contributed by atoms with Crippen molar-refractivity contribution in [2.24, 2.45) is 0 Å². The number of rotatable bonds is 10. The van der Waals surface area contributed by atoms with Gasteiger partial charge in [-0.2, -0.15) is 0 Å². The summed E-state index contributed by atoms with van der Waals surface area (Å²) in [5, 5.41) is 3.46. The Morgan fingerprint density at radius 3 is 2.38 bits per heavy atom. The molecule has 0 heterocycles. The summed E-state index contributed by atoms with van der Waals surface area (Å²) in [6.07, 6.45) is 2.34. The van der Waals surface area contributed by atoms with E-state index in [1.54, 1.807) is 0 Å². The smallest absolute Gasteiger partial charge is 0.0378 e. The first-order valence-corrected chi connectivity index (χ1v) is 8.76. The Labute approximate surface area is 138 Å². The summed E-state index contributed by atoms with van der Waals surface area (Å²) in [6, 6.07) is 6.74. The number of halogens is 1. The van der Waals surface area contributed by atoms with E-state index in [0.717, 1.165) is 32.7 Å². The van der Waals surface area contributed by atoms with E-state index in [1.165, 1.54) is 28.6 Å². The average molecular weight is 356 g/mol. The second kappa shape index (κ2) is 10.2. The van der Waals surface area contributed by atoms with E-state index in [1.807, 2.05) is 0 Å². The van der Waals surface area contributed by atoms with Gasteiger partial charge in [0, 0.05) is 36.3 Å². The van der Waals surface area contributed by atoms with Crippen LogP contribution in [0.3, 0.4) is 0 Å². The van der Waals surface area contributed by atoms with Gasteiger partial charge >= 0.3 is 0 Å². The van der Waals surface area contributed by atoms with Crippen molar-refractivity contribution in [2.45, 2.75) is 33.2 Å². The summed E-state index contributed by atoms with van der Waals surface area (Å²) < 4.78 is 1.20. The zero-order valence-electron chi connectivity index (χ0n) is 14.0. The molecule has 0 saturated carbocycles. The van der Waals surface area contributed by atoms with Crippen molar-refractivity contribution in [3.8, 4) is 0 Å². The van der Waals surface area contributed by atoms with Crippen molar-refractivity contribution >= 4 is 21.6 Å². The molecule has 0 unspecified atom stereocenters. The number of nitrogens with zero attached hydrogens (tertiary/aromatic N) is 2. The summed E-state index contributed by atoms with van der Waals surface area (Å²) in [4.78, 5) is 4.70. The van der Waals surface area contributed by atoms with Crippen LogP contribution in [0.2, 0.25) is 0 Å². The van der Waals surface area contributed by atoms with Gasteiger partial charge in [0.25, 0.3) is 0 Å². The van der Waals surface area contributed by atoms with Crippen LogP contribution in [0.1, 0.15) is 32.3 Å². The Balaban J connectivity index is 2.72. The van der Waals surface area contributed by atoms with E-state index < -0.39 is 0 Å². The van der Waals surface area contributed by atoms with Crippen LogP contribution in [0, 0.1) is 0 Å². The molecule has 0 aliphatic carbocycles. The Kier molecular flexibility index (Phi) is 8.97. The second-order valence-electron chi connectivity index (χ2n) is 5.74. The fraction of sp³-hybridized carbons (Fsp3) is 0.647. The largest absolute Gasteiger partial charge is 0.370 e. The Morgan fingerprint density at radius 2 is 1.81 bits per heavy atom. The zero-order valence-corrected chi connectivity index (χ0v) is 15.5. The normalized spacial score (nSPS) is 11.1. The highest BCUT2D eigenvalue weighted by molar-refractivity contribution is 9.10. The Bertz CT molecular complexity index is 407. The van der Waals surface area contributed by atoms with Gasteiger partial charge in [-0.25, -0.2) is 0 Å². The highest BCUT2D eigenvalue weighted by Gasteiger charge is 2.08. The van der Waals surface area contributed by atoms with E-state index >= 15 is 0 Å². The minimum absolute atomic E-state index is 0.931. The lowest BCUT2D eigenvalue weighted by Gasteiger charge is -2.26. The summed E-state index contributed by atoms with van der Waals surface area (Å²) in [7, 11) is 4.26. The lowest BCUT2D eigenvalue weighted by atomic mass is 10.2. The van der Waals surface area contributed by atoms with Crippen LogP contribution in [-0.2, 0) is 6.54 Å². The van der Waals surface area contributed by atoms with E-state index in [-0.39, 0.29) is 0 Å². The van der Waals surface area contributed by atoms with Crippen molar-refractivity contribution in [3.05, 3.63) is 28.2 Å². The first kappa shape index (κ1) is 18.5. The molecule has 4 heteroatoms. The third-order valence-electron chi connectivity index (χ3n) is 3.45. The quantitative estimate of drug-likeness (QED) is 0.645. The molecule has 0 fully saturated rings. The number of likely N-dealkylation sites (N-methyl/N-ethyl adjacent to an activating group) is 1. The van der Waals surface area contributed by atoms with Crippen LogP contribution in [-0.4, -0.2) is 45.2 Å². The van der Waals surface area contributed by atoms with E-state index in [2.05, 4.69) is 77.2 Å². The molecule has 0 saturated heterocycles. The molecule has 1 aromatic carbocycles. The Hall–Kier alpha value is -0.580. The zero-order chi connectivity index (χ0) is 15.7. The van der Waals surface area contributed by atoms with Gasteiger partial charge in [-0.05, 0) is 51.2 Å². The van der Waals surface area contributed by atoms with E-state index in [4.69, 9.17) is 0 Å². The number of hydrogen-bond acceptors (Lipinski definition) is 3. The first-order valence-electron chi connectivity index (χ1n) is 7.97. The lowest BCUT2D eigenvalue weighted by molar-refractivity contribution is 0.413. The van der Waals surface area contributed by atoms with Gasteiger partial charge in [0.2, 0.25) is 0 Å². The molecule has 0 aliphatic rings. The fourth-order valence-electron chi connectivity index (χ4n) is 2.24. The highest BCUT2D eigenvalue weighted by atomic mass is 79.9. The molecule has 3 nitrogen and oxygen atoms in total. The molecular weight excluding hydrogens is 326 g/mol. The van der Waals surface area contributed by atoms with Gasteiger partial charge in [0.05, 0.1) is 0 Å². The third kappa shape index (κ3) is 6.81. The van der Waals surface area contributed by atoms with Crippen LogP contribution in [0.4, 0.5) is 5.69 Å². The summed E-state index contributed by atoms with van der Waals surface area (Å²) in [6.45, 7) is 9.68. The van der Waals surface area contributed by atoms with Crippen LogP contribution in [0.25, 0.3) is 0 Å². The monoisotopic (exact) mass is 355 g/mol. The topological polar surface area (TPSA) is 18.5 Å². The molecular formula is C17H30BrN3. The van der Waals surface area contributed by atoms with Gasteiger partial charge in [-0.15, -0.1) is 0 Å².